The molecule has 0 bridgehead atoms. The average Bonchev–Trinajstić information content (AvgIpc) is 1.73. The summed E-state index contributed by atoms with van der Waals surface area (Å²) in [5.41, 5.74) is 34.1. The molecular weight excluding hydrogens is 2230 g/mol. The van der Waals surface area contributed by atoms with E-state index in [0.717, 1.165) is 122 Å². The summed E-state index contributed by atoms with van der Waals surface area (Å²) in [6.07, 6.45) is 3.66. The van der Waals surface area contributed by atoms with Gasteiger partial charge < -0.3 is 22.6 Å². The molecule has 0 fully saturated rings. The van der Waals surface area contributed by atoms with Crippen LogP contribution < -0.4 is 9.97 Å². The quantitative estimate of drug-likeness (QED) is 0.0815. The number of nitrogens with zero attached hydrogens (tertiary/aromatic N) is 5. The molecule has 5 nitrogen and oxygen atoms in total. The number of hydrogen-bond donors (Lipinski definition) is 0. The third kappa shape index (κ3) is 26.9. The van der Waals surface area contributed by atoms with Gasteiger partial charge in [0.15, 0.2) is 0 Å². The third-order valence-electron chi connectivity index (χ3n) is 24.2. The van der Waals surface area contributed by atoms with Crippen LogP contribution in [0.3, 0.4) is 0 Å². The molecule has 0 aliphatic heterocycles. The molecule has 694 valence electrons. The van der Waals surface area contributed by atoms with E-state index in [2.05, 4.69) is 449 Å². The molecule has 5 heterocycles. The Morgan fingerprint density at radius 3 is 0.803 bits per heavy atom. The molecule has 5 aromatic heterocycles. The van der Waals surface area contributed by atoms with E-state index in [0.29, 0.717) is 0 Å². The molecule has 20 aromatic rings. The predicted molar refractivity (Wildman–Crippen MR) is 571 cm³/mol. The van der Waals surface area contributed by atoms with Gasteiger partial charge in [-0.3, -0.25) is 15.0 Å². The summed E-state index contributed by atoms with van der Waals surface area (Å²) in [6, 6.07) is 146. The maximum absolute atomic E-state index is 4.97. The summed E-state index contributed by atoms with van der Waals surface area (Å²) >= 11 is 4.87. The van der Waals surface area contributed by atoms with Crippen molar-refractivity contribution in [1.82, 2.24) is 24.9 Å². The summed E-state index contributed by atoms with van der Waals surface area (Å²) in [6.45, 7) is 42.3. The number of hydrogen-bond acceptors (Lipinski definition) is 4. The minimum atomic E-state index is 0. The topological polar surface area (TPSA) is 66.9 Å². The van der Waals surface area contributed by atoms with Crippen molar-refractivity contribution in [3.8, 4) is 101 Å². The van der Waals surface area contributed by atoms with E-state index in [1.54, 1.807) is 0 Å². The SMILES string of the molecule is CC(C)(C)c1c[c-]c(-c2[c-]c(-c3ccc4ccccc4n3)cc(-c3ccc(C(C)(C)C)cc3)c2)cc1.CC(C)(C)c1c[c-]c(-c2[c-]c(-c3ccccn3)cc(-c3ccc(C(C)(C)C)cc3)c2)cc1.CC(C)(C)c1c[c-]c(-c2[c-]c(-c3ccccn3)cc(-c3ccc(C(C)(C)C)cc3)c2)cc1.Cc1ccc([S-])cc1.[Au+3].[Au+3].[Au+3].c1ccc2c(c1)[n-]c1ccccc12.c1ccc2c(c1)[n-]c1ccccc12. The minimum Gasteiger partial charge on any atom is -0.780 e. The van der Waals surface area contributed by atoms with Gasteiger partial charge in [-0.25, -0.2) is 16.7 Å². The Kier molecular flexibility index (Phi) is 34.2. The fourth-order valence-corrected chi connectivity index (χ4v) is 16.1. The van der Waals surface area contributed by atoms with Gasteiger partial charge in [-0.15, -0.1) is 91.8 Å². The van der Waals surface area contributed by atoms with Crippen molar-refractivity contribution in [2.24, 2.45) is 0 Å². The zero-order chi connectivity index (χ0) is 94.7. The first kappa shape index (κ1) is 104. The molecule has 137 heavy (non-hydrogen) atoms. The fourth-order valence-electron chi connectivity index (χ4n) is 16.0. The Balaban J connectivity index is 0.000000156. The van der Waals surface area contributed by atoms with E-state index >= 15 is 0 Å². The van der Waals surface area contributed by atoms with Crippen LogP contribution in [0.1, 0.15) is 164 Å². The zero-order valence-electron chi connectivity index (χ0n) is 81.8. The Morgan fingerprint density at radius 2 is 0.518 bits per heavy atom. The molecule has 9 heteroatoms. The van der Waals surface area contributed by atoms with Crippen molar-refractivity contribution in [3.05, 3.63) is 446 Å². The van der Waals surface area contributed by atoms with Crippen molar-refractivity contribution in [2.45, 2.75) is 169 Å². The van der Waals surface area contributed by atoms with Crippen molar-refractivity contribution >= 4 is 67.1 Å². The van der Waals surface area contributed by atoms with Gasteiger partial charge in [0.05, 0.1) is 5.52 Å². The van der Waals surface area contributed by atoms with Crippen molar-refractivity contribution in [1.29, 1.82) is 0 Å². The van der Waals surface area contributed by atoms with E-state index in [-0.39, 0.29) is 99.6 Å². The van der Waals surface area contributed by atoms with Gasteiger partial charge in [0, 0.05) is 29.5 Å². The smallest absolute Gasteiger partial charge is 0.780 e. The summed E-state index contributed by atoms with van der Waals surface area (Å²) in [5.74, 6) is 0. The number of para-hydroxylation sites is 5. The minimum absolute atomic E-state index is 0. The number of benzene rings is 15. The van der Waals surface area contributed by atoms with Crippen LogP contribution in [0.15, 0.2) is 375 Å². The maximum Gasteiger partial charge on any atom is 3.00 e. The molecule has 0 unspecified atom stereocenters. The molecule has 0 saturated heterocycles. The van der Waals surface area contributed by atoms with Crippen LogP contribution >= 0.6 is 0 Å². The first-order valence-corrected chi connectivity index (χ1v) is 46.8. The van der Waals surface area contributed by atoms with Crippen LogP contribution in [-0.4, -0.2) is 15.0 Å². The predicted octanol–water partition coefficient (Wildman–Crippen LogP) is 33.8. The van der Waals surface area contributed by atoms with Crippen LogP contribution in [0.5, 0.6) is 0 Å². The Labute approximate surface area is 866 Å². The molecular formula is C128H118Au3N5S. The molecule has 0 atom stereocenters. The van der Waals surface area contributed by atoms with Crippen LogP contribution in [0.4, 0.5) is 0 Å². The van der Waals surface area contributed by atoms with Gasteiger partial charge in [0.1, 0.15) is 0 Å². The van der Waals surface area contributed by atoms with Crippen LogP contribution in [0.2, 0.25) is 0 Å². The van der Waals surface area contributed by atoms with Gasteiger partial charge >= 0.3 is 67.1 Å². The fraction of sp³-hybridized carbons (Fsp3) is 0.195. The van der Waals surface area contributed by atoms with Crippen molar-refractivity contribution < 1.29 is 67.1 Å². The normalized spacial score (nSPS) is 11.5. The summed E-state index contributed by atoms with van der Waals surface area (Å²) < 4.78 is 0. The first-order valence-electron chi connectivity index (χ1n) is 46.3. The molecule has 0 aliphatic carbocycles. The van der Waals surface area contributed by atoms with Gasteiger partial charge in [0.25, 0.3) is 0 Å². The molecule has 0 spiro atoms. The summed E-state index contributed by atoms with van der Waals surface area (Å²) in [4.78, 5) is 24.0. The number of fused-ring (bicyclic) bond motifs is 7. The van der Waals surface area contributed by atoms with E-state index < -0.39 is 0 Å². The van der Waals surface area contributed by atoms with E-state index in [9.17, 15) is 0 Å². The van der Waals surface area contributed by atoms with E-state index in [1.165, 1.54) is 77.2 Å². The second kappa shape index (κ2) is 45.1. The number of rotatable bonds is 9. The monoisotopic (exact) mass is 2350 g/mol. The molecule has 0 saturated carbocycles. The molecule has 0 aliphatic rings. The van der Waals surface area contributed by atoms with Crippen molar-refractivity contribution in [3.63, 3.8) is 0 Å². The molecule has 20 rings (SSSR count). The van der Waals surface area contributed by atoms with Crippen LogP contribution in [0, 0.1) is 43.3 Å². The van der Waals surface area contributed by atoms with E-state index in [4.69, 9.17) is 17.6 Å². The molecule has 0 N–H and O–H groups in total. The molecule has 0 amide bonds. The zero-order valence-corrected chi connectivity index (χ0v) is 89.1. The first-order chi connectivity index (χ1) is 64.0. The molecule has 15 aromatic carbocycles. The maximum atomic E-state index is 4.97. The van der Waals surface area contributed by atoms with Crippen LogP contribution in [0.25, 0.3) is 155 Å². The average molecular weight is 2350 g/mol. The Morgan fingerprint density at radius 1 is 0.241 bits per heavy atom. The van der Waals surface area contributed by atoms with Gasteiger partial charge in [-0.1, -0.05) is 396 Å². The summed E-state index contributed by atoms with van der Waals surface area (Å²) in [5, 5.41) is 6.13. The number of aromatic nitrogens is 5. The second-order valence-electron chi connectivity index (χ2n) is 40.7. The van der Waals surface area contributed by atoms with Crippen LogP contribution in [-0.2, 0) is 112 Å². The standard InChI is InChI=1S/C35H33N.2C31H31N.2C12H8N.C7H8S.3Au/c1-34(2,3)30-16-11-24(12-17-30)27-21-28(25-13-18-31(19-14-25)35(4,5)6)23-29(22-27)33-20-15-26-9-7-8-10-32(26)36-33;2*1-30(2,3)27-14-10-22(11-15-27)24-19-25(21-26(20-24)29-9-7-8-18-32-29)23-12-16-28(17-13-23)31(4,5)6;2*1-3-7-11-9(5-1)10-6-2-4-8-12(10)13-11;1-6-2-4-7(8)5-3-6;;;/h7-13,15-22H,1-6H3;2*7-12,14-20H,1-6H3;2*1-8H;2-5,8H,1H3;;;/q3*-2;2*-1;;3*+3/p-1. The van der Waals surface area contributed by atoms with Gasteiger partial charge in [0.2, 0.25) is 0 Å². The van der Waals surface area contributed by atoms with Gasteiger partial charge in [-0.2, -0.15) is 113 Å². The number of aryl methyl sites for hydroxylation is 1. The number of pyridine rings is 3. The third-order valence-corrected chi connectivity index (χ3v) is 24.5. The second-order valence-corrected chi connectivity index (χ2v) is 41.2. The molecule has 0 radical (unpaired) electrons. The van der Waals surface area contributed by atoms with Gasteiger partial charge in [-0.05, 0) is 118 Å². The Hall–Kier alpha value is -11.9. The Bertz CT molecular complexity index is 6700. The van der Waals surface area contributed by atoms with Crippen molar-refractivity contribution in [2.75, 3.05) is 0 Å². The summed E-state index contributed by atoms with van der Waals surface area (Å²) in [7, 11) is 0. The van der Waals surface area contributed by atoms with E-state index in [1.807, 2.05) is 109 Å². The largest absolute Gasteiger partial charge is 3.00 e.